The molecule has 0 bridgehead atoms. The summed E-state index contributed by atoms with van der Waals surface area (Å²) in [5, 5.41) is 10.1. The molecule has 90 valence electrons. The molecule has 0 aliphatic rings. The van der Waals surface area contributed by atoms with E-state index in [0.717, 1.165) is 12.0 Å². The van der Waals surface area contributed by atoms with E-state index in [1.807, 2.05) is 6.07 Å². The van der Waals surface area contributed by atoms with Crippen LogP contribution < -0.4 is 0 Å². The Balaban J connectivity index is 2.51. The minimum atomic E-state index is -0.799. The highest BCUT2D eigenvalue weighted by Crippen LogP contribution is 2.19. The Hall–Kier alpha value is -0.930. The lowest BCUT2D eigenvalue weighted by atomic mass is 9.92. The van der Waals surface area contributed by atoms with Crippen LogP contribution in [0.5, 0.6) is 0 Å². The number of halogens is 1. The van der Waals surface area contributed by atoms with E-state index in [4.69, 9.17) is 4.74 Å². The number of rotatable bonds is 6. The summed E-state index contributed by atoms with van der Waals surface area (Å²) < 4.78 is 17.9. The van der Waals surface area contributed by atoms with Crippen LogP contribution in [0.2, 0.25) is 0 Å². The van der Waals surface area contributed by atoms with E-state index in [0.29, 0.717) is 19.4 Å². The standard InChI is InChI=1S/C13H19FO2/c1-13(15,7-4-8-16-2)10-11-5-3-6-12(14)9-11/h3,5-6,9,15H,4,7-8,10H2,1-2H3. The maximum Gasteiger partial charge on any atom is 0.123 e. The first-order valence-corrected chi connectivity index (χ1v) is 5.49. The summed E-state index contributed by atoms with van der Waals surface area (Å²) >= 11 is 0. The van der Waals surface area contributed by atoms with Crippen LogP contribution in [0, 0.1) is 5.82 Å². The lowest BCUT2D eigenvalue weighted by Gasteiger charge is -2.23. The first-order chi connectivity index (χ1) is 7.53. The second kappa shape index (κ2) is 5.97. The molecule has 0 aliphatic heterocycles. The molecule has 1 rings (SSSR count). The van der Waals surface area contributed by atoms with Crippen molar-refractivity contribution < 1.29 is 14.2 Å². The number of benzene rings is 1. The fourth-order valence-electron chi connectivity index (χ4n) is 1.77. The Bertz CT molecular complexity index is 323. The molecule has 16 heavy (non-hydrogen) atoms. The minimum absolute atomic E-state index is 0.259. The molecule has 3 heteroatoms. The average molecular weight is 226 g/mol. The van der Waals surface area contributed by atoms with Crippen molar-refractivity contribution in [3.05, 3.63) is 35.6 Å². The topological polar surface area (TPSA) is 29.5 Å². The smallest absolute Gasteiger partial charge is 0.123 e. The molecule has 0 heterocycles. The molecule has 0 aliphatic carbocycles. The first kappa shape index (κ1) is 13.1. The van der Waals surface area contributed by atoms with Crippen LogP contribution in [0.25, 0.3) is 0 Å². The zero-order chi connectivity index (χ0) is 12.0. The Morgan fingerprint density at radius 1 is 1.44 bits per heavy atom. The van der Waals surface area contributed by atoms with Crippen molar-refractivity contribution in [3.63, 3.8) is 0 Å². The van der Waals surface area contributed by atoms with E-state index in [-0.39, 0.29) is 5.82 Å². The van der Waals surface area contributed by atoms with E-state index in [9.17, 15) is 9.50 Å². The van der Waals surface area contributed by atoms with Crippen molar-refractivity contribution in [3.8, 4) is 0 Å². The van der Waals surface area contributed by atoms with Gasteiger partial charge in [0.2, 0.25) is 0 Å². The largest absolute Gasteiger partial charge is 0.390 e. The predicted octanol–water partition coefficient (Wildman–Crippen LogP) is 2.55. The van der Waals surface area contributed by atoms with Crippen LogP contribution in [0.15, 0.2) is 24.3 Å². The number of hydrogen-bond donors (Lipinski definition) is 1. The lowest BCUT2D eigenvalue weighted by molar-refractivity contribution is 0.0409. The molecular weight excluding hydrogens is 207 g/mol. The van der Waals surface area contributed by atoms with Gasteiger partial charge in [-0.3, -0.25) is 0 Å². The third-order valence-corrected chi connectivity index (χ3v) is 2.54. The van der Waals surface area contributed by atoms with Gasteiger partial charge in [-0.1, -0.05) is 12.1 Å². The number of aliphatic hydroxyl groups is 1. The van der Waals surface area contributed by atoms with Gasteiger partial charge in [0.05, 0.1) is 5.60 Å². The molecule has 0 aromatic heterocycles. The van der Waals surface area contributed by atoms with Gasteiger partial charge in [-0.25, -0.2) is 4.39 Å². The van der Waals surface area contributed by atoms with E-state index in [2.05, 4.69) is 0 Å². The number of methoxy groups -OCH3 is 1. The quantitative estimate of drug-likeness (QED) is 0.755. The highest BCUT2D eigenvalue weighted by Gasteiger charge is 2.20. The molecule has 1 atom stereocenters. The van der Waals surface area contributed by atoms with Crippen molar-refractivity contribution in [2.45, 2.75) is 31.8 Å². The van der Waals surface area contributed by atoms with Crippen molar-refractivity contribution in [1.82, 2.24) is 0 Å². The van der Waals surface area contributed by atoms with Gasteiger partial charge in [0, 0.05) is 20.1 Å². The summed E-state index contributed by atoms with van der Waals surface area (Å²) in [5.74, 6) is -0.259. The third kappa shape index (κ3) is 4.73. The van der Waals surface area contributed by atoms with Crippen LogP contribution >= 0.6 is 0 Å². The minimum Gasteiger partial charge on any atom is -0.390 e. The second-order valence-electron chi connectivity index (χ2n) is 4.40. The van der Waals surface area contributed by atoms with Crippen molar-refractivity contribution in [2.24, 2.45) is 0 Å². The zero-order valence-corrected chi connectivity index (χ0v) is 9.87. The van der Waals surface area contributed by atoms with Crippen LogP contribution in [-0.2, 0) is 11.2 Å². The third-order valence-electron chi connectivity index (χ3n) is 2.54. The molecule has 2 nitrogen and oxygen atoms in total. The van der Waals surface area contributed by atoms with Gasteiger partial charge in [0.25, 0.3) is 0 Å². The van der Waals surface area contributed by atoms with Gasteiger partial charge in [0.15, 0.2) is 0 Å². The second-order valence-corrected chi connectivity index (χ2v) is 4.40. The Labute approximate surface area is 96.1 Å². The molecule has 0 spiro atoms. The monoisotopic (exact) mass is 226 g/mol. The highest BCUT2D eigenvalue weighted by atomic mass is 19.1. The van der Waals surface area contributed by atoms with Crippen LogP contribution in [0.3, 0.4) is 0 Å². The van der Waals surface area contributed by atoms with Crippen molar-refractivity contribution in [2.75, 3.05) is 13.7 Å². The van der Waals surface area contributed by atoms with Gasteiger partial charge < -0.3 is 9.84 Å². The number of ether oxygens (including phenoxy) is 1. The fourth-order valence-corrected chi connectivity index (χ4v) is 1.77. The molecule has 0 fully saturated rings. The maximum absolute atomic E-state index is 12.9. The summed E-state index contributed by atoms with van der Waals surface area (Å²) in [6, 6.07) is 6.36. The van der Waals surface area contributed by atoms with Crippen LogP contribution in [0.1, 0.15) is 25.3 Å². The fraction of sp³-hybridized carbons (Fsp3) is 0.538. The summed E-state index contributed by atoms with van der Waals surface area (Å²) in [6.45, 7) is 2.41. The molecular formula is C13H19FO2. The average Bonchev–Trinajstić information content (AvgIpc) is 2.17. The Morgan fingerprint density at radius 2 is 2.19 bits per heavy atom. The molecule has 0 radical (unpaired) electrons. The van der Waals surface area contributed by atoms with E-state index >= 15 is 0 Å². The number of hydrogen-bond acceptors (Lipinski definition) is 2. The van der Waals surface area contributed by atoms with Crippen molar-refractivity contribution >= 4 is 0 Å². The van der Waals surface area contributed by atoms with Gasteiger partial charge in [0.1, 0.15) is 5.82 Å². The molecule has 0 amide bonds. The molecule has 0 saturated carbocycles. The predicted molar refractivity (Wildman–Crippen MR) is 61.8 cm³/mol. The highest BCUT2D eigenvalue weighted by molar-refractivity contribution is 5.18. The van der Waals surface area contributed by atoms with Crippen molar-refractivity contribution in [1.29, 1.82) is 0 Å². The van der Waals surface area contributed by atoms with E-state index in [1.165, 1.54) is 12.1 Å². The molecule has 1 unspecified atom stereocenters. The van der Waals surface area contributed by atoms with Gasteiger partial charge in [-0.2, -0.15) is 0 Å². The van der Waals surface area contributed by atoms with Gasteiger partial charge in [-0.15, -0.1) is 0 Å². The first-order valence-electron chi connectivity index (χ1n) is 5.49. The van der Waals surface area contributed by atoms with Gasteiger partial charge >= 0.3 is 0 Å². The van der Waals surface area contributed by atoms with Gasteiger partial charge in [-0.05, 0) is 37.5 Å². The molecule has 1 aromatic carbocycles. The summed E-state index contributed by atoms with van der Waals surface area (Å²) in [6.07, 6.45) is 1.92. The molecule has 1 N–H and O–H groups in total. The summed E-state index contributed by atoms with van der Waals surface area (Å²) in [5.41, 5.74) is 0.0224. The van der Waals surface area contributed by atoms with Crippen LogP contribution in [0.4, 0.5) is 4.39 Å². The zero-order valence-electron chi connectivity index (χ0n) is 9.87. The van der Waals surface area contributed by atoms with Crippen LogP contribution in [-0.4, -0.2) is 24.4 Å². The van der Waals surface area contributed by atoms with E-state index in [1.54, 1.807) is 20.1 Å². The normalized spacial score (nSPS) is 14.8. The van der Waals surface area contributed by atoms with E-state index < -0.39 is 5.60 Å². The summed E-state index contributed by atoms with van der Waals surface area (Å²) in [4.78, 5) is 0. The SMILES string of the molecule is COCCCC(C)(O)Cc1cccc(F)c1. The molecule has 1 aromatic rings. The maximum atomic E-state index is 12.9. The summed E-state index contributed by atoms with van der Waals surface area (Å²) in [7, 11) is 1.64. The Kier molecular flexibility index (Phi) is 4.90. The lowest BCUT2D eigenvalue weighted by Crippen LogP contribution is -2.27. The molecule has 0 saturated heterocycles. The Morgan fingerprint density at radius 3 is 2.81 bits per heavy atom.